The van der Waals surface area contributed by atoms with Crippen LogP contribution in [-0.2, 0) is 0 Å². The normalized spacial score (nSPS) is 10.6. The van der Waals surface area contributed by atoms with Crippen LogP contribution >= 0.6 is 0 Å². The molecule has 0 heterocycles. The number of rotatable bonds is 5. The lowest BCUT2D eigenvalue weighted by atomic mass is 10.1. The van der Waals surface area contributed by atoms with Crippen LogP contribution < -0.4 is 10.2 Å². The third kappa shape index (κ3) is 4.78. The van der Waals surface area contributed by atoms with E-state index in [0.717, 1.165) is 16.9 Å². The quantitative estimate of drug-likeness (QED) is 0.551. The van der Waals surface area contributed by atoms with E-state index in [4.69, 9.17) is 4.74 Å². The van der Waals surface area contributed by atoms with Gasteiger partial charge in [0.25, 0.3) is 5.91 Å². The Kier molecular flexibility index (Phi) is 5.22. The zero-order valence-corrected chi connectivity index (χ0v) is 13.8. The molecule has 1 amide bonds. The molecule has 25 heavy (non-hydrogen) atoms. The van der Waals surface area contributed by atoms with Crippen molar-refractivity contribution < 1.29 is 9.53 Å². The number of hydrazone groups is 1. The molecule has 3 aromatic rings. The predicted octanol–water partition coefficient (Wildman–Crippen LogP) is 4.55. The summed E-state index contributed by atoms with van der Waals surface area (Å²) in [5.74, 6) is 1.23. The Morgan fingerprint density at radius 3 is 2.40 bits per heavy atom. The topological polar surface area (TPSA) is 50.7 Å². The molecule has 0 saturated carbocycles. The lowest BCUT2D eigenvalue weighted by molar-refractivity contribution is 0.0955. The van der Waals surface area contributed by atoms with Crippen LogP contribution in [0.1, 0.15) is 21.5 Å². The van der Waals surface area contributed by atoms with Crippen molar-refractivity contribution in [3.05, 3.63) is 95.6 Å². The van der Waals surface area contributed by atoms with Crippen LogP contribution in [0.2, 0.25) is 0 Å². The van der Waals surface area contributed by atoms with Crippen molar-refractivity contribution in [3.63, 3.8) is 0 Å². The number of para-hydroxylation sites is 1. The van der Waals surface area contributed by atoms with Crippen LogP contribution in [0.3, 0.4) is 0 Å². The zero-order valence-electron chi connectivity index (χ0n) is 13.8. The summed E-state index contributed by atoms with van der Waals surface area (Å²) in [6, 6.07) is 24.4. The summed E-state index contributed by atoms with van der Waals surface area (Å²) in [6.07, 6.45) is 1.59. The number of amides is 1. The monoisotopic (exact) mass is 330 g/mol. The average Bonchev–Trinajstić information content (AvgIpc) is 2.63. The minimum atomic E-state index is -0.243. The highest BCUT2D eigenvalue weighted by Gasteiger charge is 2.03. The summed E-state index contributed by atoms with van der Waals surface area (Å²) in [6.45, 7) is 1.98. The molecule has 1 N–H and O–H groups in total. The number of carbonyl (C=O) groups excluding carboxylic acids is 1. The molecule has 0 saturated heterocycles. The Balaban J connectivity index is 1.62. The molecular formula is C21H18N2O2. The molecule has 0 atom stereocenters. The first kappa shape index (κ1) is 16.5. The Bertz CT molecular complexity index is 872. The van der Waals surface area contributed by atoms with E-state index in [1.165, 1.54) is 0 Å². The number of ether oxygens (including phenoxy) is 1. The molecule has 4 heteroatoms. The van der Waals surface area contributed by atoms with Gasteiger partial charge in [0.2, 0.25) is 0 Å². The standard InChI is InChI=1S/C21H18N2O2/c1-16-10-12-18(13-11-16)21(24)23-22-15-17-6-5-9-20(14-17)25-19-7-3-2-4-8-19/h2-15H,1H3,(H,23,24)/b22-15-. The van der Waals surface area contributed by atoms with Gasteiger partial charge in [-0.15, -0.1) is 0 Å². The summed E-state index contributed by atoms with van der Waals surface area (Å²) in [5.41, 5.74) is 5.04. The van der Waals surface area contributed by atoms with Crippen LogP contribution in [0.15, 0.2) is 84.0 Å². The second kappa shape index (κ2) is 7.93. The molecule has 3 rings (SSSR count). The maximum absolute atomic E-state index is 12.0. The van der Waals surface area contributed by atoms with E-state index in [0.29, 0.717) is 11.3 Å². The summed E-state index contributed by atoms with van der Waals surface area (Å²) in [5, 5.41) is 4.01. The van der Waals surface area contributed by atoms with Gasteiger partial charge in [0.15, 0.2) is 0 Å². The molecule has 0 bridgehead atoms. The maximum atomic E-state index is 12.0. The van der Waals surface area contributed by atoms with E-state index in [9.17, 15) is 4.79 Å². The van der Waals surface area contributed by atoms with Gasteiger partial charge < -0.3 is 4.74 Å². The Labute approximate surface area is 146 Å². The third-order valence-corrected chi connectivity index (χ3v) is 3.53. The van der Waals surface area contributed by atoms with Crippen molar-refractivity contribution in [1.82, 2.24) is 5.43 Å². The third-order valence-electron chi connectivity index (χ3n) is 3.53. The van der Waals surface area contributed by atoms with E-state index in [1.54, 1.807) is 18.3 Å². The van der Waals surface area contributed by atoms with Gasteiger partial charge in [-0.05, 0) is 48.9 Å². The van der Waals surface area contributed by atoms with E-state index >= 15 is 0 Å². The Morgan fingerprint density at radius 1 is 0.920 bits per heavy atom. The van der Waals surface area contributed by atoms with Crippen molar-refractivity contribution in [2.45, 2.75) is 6.92 Å². The SMILES string of the molecule is Cc1ccc(C(=O)N/N=C\c2cccc(Oc3ccccc3)c2)cc1. The van der Waals surface area contributed by atoms with Gasteiger partial charge in [0.05, 0.1) is 6.21 Å². The molecular weight excluding hydrogens is 312 g/mol. The second-order valence-corrected chi connectivity index (χ2v) is 5.55. The minimum absolute atomic E-state index is 0.243. The molecule has 4 nitrogen and oxygen atoms in total. The van der Waals surface area contributed by atoms with Crippen LogP contribution in [0, 0.1) is 6.92 Å². The number of aryl methyl sites for hydroxylation is 1. The molecule has 3 aromatic carbocycles. The van der Waals surface area contributed by atoms with Gasteiger partial charge in [-0.1, -0.05) is 48.0 Å². The summed E-state index contributed by atoms with van der Waals surface area (Å²) < 4.78 is 5.78. The van der Waals surface area contributed by atoms with Gasteiger partial charge in [-0.25, -0.2) is 5.43 Å². The molecule has 0 aliphatic heterocycles. The summed E-state index contributed by atoms with van der Waals surface area (Å²) >= 11 is 0. The van der Waals surface area contributed by atoms with Crippen LogP contribution in [0.25, 0.3) is 0 Å². The molecule has 0 spiro atoms. The van der Waals surface area contributed by atoms with Crippen LogP contribution in [-0.4, -0.2) is 12.1 Å². The number of hydrogen-bond donors (Lipinski definition) is 1. The first-order valence-corrected chi connectivity index (χ1v) is 7.94. The molecule has 0 unspecified atom stereocenters. The molecule has 0 fully saturated rings. The number of carbonyl (C=O) groups is 1. The fourth-order valence-electron chi connectivity index (χ4n) is 2.22. The highest BCUT2D eigenvalue weighted by molar-refractivity contribution is 5.94. The number of nitrogens with one attached hydrogen (secondary N) is 1. The lowest BCUT2D eigenvalue weighted by Crippen LogP contribution is -2.17. The number of nitrogens with zero attached hydrogens (tertiary/aromatic N) is 1. The van der Waals surface area contributed by atoms with Crippen LogP contribution in [0.4, 0.5) is 0 Å². The fraction of sp³-hybridized carbons (Fsp3) is 0.0476. The maximum Gasteiger partial charge on any atom is 0.271 e. The van der Waals surface area contributed by atoms with Crippen molar-refractivity contribution in [2.24, 2.45) is 5.10 Å². The van der Waals surface area contributed by atoms with E-state index in [1.807, 2.05) is 73.7 Å². The Morgan fingerprint density at radius 2 is 1.64 bits per heavy atom. The zero-order chi connectivity index (χ0) is 17.5. The van der Waals surface area contributed by atoms with Gasteiger partial charge in [-0.3, -0.25) is 4.79 Å². The second-order valence-electron chi connectivity index (χ2n) is 5.55. The highest BCUT2D eigenvalue weighted by Crippen LogP contribution is 2.21. The first-order chi connectivity index (χ1) is 12.2. The van der Waals surface area contributed by atoms with Crippen LogP contribution in [0.5, 0.6) is 11.5 Å². The Hall–Kier alpha value is -3.40. The summed E-state index contributed by atoms with van der Waals surface area (Å²) in [7, 11) is 0. The molecule has 0 aliphatic carbocycles. The predicted molar refractivity (Wildman–Crippen MR) is 99.2 cm³/mol. The minimum Gasteiger partial charge on any atom is -0.457 e. The molecule has 0 radical (unpaired) electrons. The van der Waals surface area contributed by atoms with Crippen molar-refractivity contribution in [2.75, 3.05) is 0 Å². The smallest absolute Gasteiger partial charge is 0.271 e. The molecule has 0 aromatic heterocycles. The average molecular weight is 330 g/mol. The fourth-order valence-corrected chi connectivity index (χ4v) is 2.22. The van der Waals surface area contributed by atoms with Gasteiger partial charge in [-0.2, -0.15) is 5.10 Å². The number of hydrogen-bond acceptors (Lipinski definition) is 3. The van der Waals surface area contributed by atoms with E-state index in [2.05, 4.69) is 10.5 Å². The van der Waals surface area contributed by atoms with Crippen molar-refractivity contribution >= 4 is 12.1 Å². The number of benzene rings is 3. The van der Waals surface area contributed by atoms with Crippen molar-refractivity contribution in [3.8, 4) is 11.5 Å². The van der Waals surface area contributed by atoms with Gasteiger partial charge >= 0.3 is 0 Å². The molecule has 0 aliphatic rings. The van der Waals surface area contributed by atoms with Crippen molar-refractivity contribution in [1.29, 1.82) is 0 Å². The highest BCUT2D eigenvalue weighted by atomic mass is 16.5. The summed E-state index contributed by atoms with van der Waals surface area (Å²) in [4.78, 5) is 12.0. The largest absolute Gasteiger partial charge is 0.457 e. The molecule has 124 valence electrons. The van der Waals surface area contributed by atoms with E-state index in [-0.39, 0.29) is 5.91 Å². The van der Waals surface area contributed by atoms with E-state index < -0.39 is 0 Å². The van der Waals surface area contributed by atoms with Gasteiger partial charge in [0, 0.05) is 5.56 Å². The first-order valence-electron chi connectivity index (χ1n) is 7.94. The van der Waals surface area contributed by atoms with Gasteiger partial charge in [0.1, 0.15) is 11.5 Å². The lowest BCUT2D eigenvalue weighted by Gasteiger charge is -2.05.